The normalized spacial score (nSPS) is 19.7. The average Bonchev–Trinajstić information content (AvgIpc) is 3.04. The van der Waals surface area contributed by atoms with Crippen LogP contribution in [0.5, 0.6) is 5.75 Å². The van der Waals surface area contributed by atoms with Crippen LogP contribution in [0.25, 0.3) is 0 Å². The number of nitrogens with zero attached hydrogens (tertiary/aromatic N) is 1. The molecule has 12 nitrogen and oxygen atoms in total. The maximum absolute atomic E-state index is 12.9. The Labute approximate surface area is 277 Å². The van der Waals surface area contributed by atoms with Gasteiger partial charge >= 0.3 is 10.4 Å². The van der Waals surface area contributed by atoms with E-state index in [4.69, 9.17) is 14.0 Å². The minimum absolute atomic E-state index is 0.0376. The van der Waals surface area contributed by atoms with Crippen molar-refractivity contribution in [2.75, 3.05) is 19.7 Å². The Morgan fingerprint density at radius 3 is 2.23 bits per heavy atom. The Bertz CT molecular complexity index is 1370. The van der Waals surface area contributed by atoms with Crippen LogP contribution in [0.2, 0.25) is 0 Å². The molecule has 0 radical (unpaired) electrons. The van der Waals surface area contributed by atoms with Crippen LogP contribution in [0.15, 0.2) is 54.6 Å². The number of ketones is 2. The van der Waals surface area contributed by atoms with Crippen molar-refractivity contribution in [2.24, 2.45) is 0 Å². The van der Waals surface area contributed by atoms with Crippen molar-refractivity contribution in [2.45, 2.75) is 102 Å². The van der Waals surface area contributed by atoms with E-state index in [1.807, 2.05) is 37.3 Å². The summed E-state index contributed by atoms with van der Waals surface area (Å²) in [7, 11) is -4.97. The van der Waals surface area contributed by atoms with E-state index in [2.05, 4.69) is 4.18 Å². The molecule has 1 saturated heterocycles. The molecule has 47 heavy (non-hydrogen) atoms. The fourth-order valence-corrected chi connectivity index (χ4v) is 5.73. The smallest absolute Gasteiger partial charge is 0.397 e. The summed E-state index contributed by atoms with van der Waals surface area (Å²) >= 11 is 0. The molecule has 4 atom stereocenters. The number of benzene rings is 2. The third kappa shape index (κ3) is 13.8. The van der Waals surface area contributed by atoms with Crippen LogP contribution in [0.1, 0.15) is 87.1 Å². The molecule has 0 aromatic heterocycles. The molecule has 0 bridgehead atoms. The zero-order valence-electron chi connectivity index (χ0n) is 26.9. The maximum atomic E-state index is 12.9. The van der Waals surface area contributed by atoms with E-state index in [0.29, 0.717) is 31.5 Å². The summed E-state index contributed by atoms with van der Waals surface area (Å²) in [6.07, 6.45) is 1.25. The molecule has 3 N–H and O–H groups in total. The molecule has 1 aliphatic heterocycles. The first-order valence-corrected chi connectivity index (χ1v) is 17.6. The number of Topliss-reactive ketones (excluding diaryl/α,β-unsaturated/α-hetero) is 2. The molecule has 2 aromatic rings. The van der Waals surface area contributed by atoms with Crippen LogP contribution in [0.4, 0.5) is 0 Å². The van der Waals surface area contributed by atoms with Gasteiger partial charge in [0.25, 0.3) is 0 Å². The fraction of sp³-hybridized carbons (Fsp3) is 0.559. The molecule has 1 aliphatic rings. The Kier molecular flexibility index (Phi) is 15.9. The molecule has 1 amide bonds. The van der Waals surface area contributed by atoms with Gasteiger partial charge in [0.05, 0.1) is 6.61 Å². The van der Waals surface area contributed by atoms with Crippen molar-refractivity contribution in [1.82, 2.24) is 4.90 Å². The Balaban J connectivity index is 1.42. The highest BCUT2D eigenvalue weighted by atomic mass is 32.3. The molecule has 0 spiro atoms. The number of hydrogen-bond donors (Lipinski definition) is 3. The number of carbonyl (C=O) groups excluding carboxylic acids is 3. The first-order chi connectivity index (χ1) is 22.5. The second-order valence-corrected chi connectivity index (χ2v) is 12.8. The van der Waals surface area contributed by atoms with Crippen LogP contribution in [-0.4, -0.2) is 89.9 Å². The first-order valence-electron chi connectivity index (χ1n) is 16.2. The molecule has 4 unspecified atom stereocenters. The van der Waals surface area contributed by atoms with Gasteiger partial charge in [-0.2, -0.15) is 8.42 Å². The van der Waals surface area contributed by atoms with Gasteiger partial charge in [-0.05, 0) is 37.0 Å². The summed E-state index contributed by atoms with van der Waals surface area (Å²) in [5.41, 5.74) is 1.44. The van der Waals surface area contributed by atoms with Crippen molar-refractivity contribution in [3.05, 3.63) is 65.7 Å². The molecule has 0 saturated carbocycles. The highest BCUT2D eigenvalue weighted by Crippen LogP contribution is 2.24. The van der Waals surface area contributed by atoms with Gasteiger partial charge in [0, 0.05) is 44.3 Å². The third-order valence-corrected chi connectivity index (χ3v) is 8.39. The number of rotatable bonds is 21. The van der Waals surface area contributed by atoms with Gasteiger partial charge in [-0.1, -0.05) is 75.1 Å². The molecule has 1 heterocycles. The zero-order chi connectivity index (χ0) is 34.2. The van der Waals surface area contributed by atoms with Gasteiger partial charge in [-0.15, -0.1) is 0 Å². The van der Waals surface area contributed by atoms with E-state index < -0.39 is 35.0 Å². The molecule has 0 aliphatic carbocycles. The van der Waals surface area contributed by atoms with E-state index >= 15 is 0 Å². The average molecular weight is 678 g/mol. The lowest BCUT2D eigenvalue weighted by Crippen LogP contribution is -2.56. The van der Waals surface area contributed by atoms with Crippen molar-refractivity contribution in [3.63, 3.8) is 0 Å². The standard InChI is InChI=1S/C34H47NO11S/c1-2-3-15-31(39)35(21-11-6-4-5-10-14-29(37)26-12-8-7-9-13-26)22-20-27(36)23-25-16-18-28(19-17-25)45-34-33(46-47(41,42)43)32(40)30(38)24-44-34/h7-9,12-13,16-19,30,32-34,38,40H,2-6,10-11,14-15,20-24H2,1H3,(H,41,42,43). The molecular weight excluding hydrogens is 630 g/mol. The van der Waals surface area contributed by atoms with Crippen LogP contribution in [0.3, 0.4) is 0 Å². The largest absolute Gasteiger partial charge is 0.462 e. The quantitative estimate of drug-likeness (QED) is 0.0986. The van der Waals surface area contributed by atoms with E-state index in [1.165, 1.54) is 12.1 Å². The Hall–Kier alpha value is -3.20. The monoisotopic (exact) mass is 677 g/mol. The maximum Gasteiger partial charge on any atom is 0.397 e. The number of hydrogen-bond acceptors (Lipinski definition) is 10. The topological polar surface area (TPSA) is 177 Å². The van der Waals surface area contributed by atoms with Gasteiger partial charge in [-0.3, -0.25) is 18.9 Å². The number of aliphatic hydroxyl groups excluding tert-OH is 2. The highest BCUT2D eigenvalue weighted by Gasteiger charge is 2.43. The lowest BCUT2D eigenvalue weighted by atomic mass is 10.0. The minimum atomic E-state index is -4.97. The molecule has 13 heteroatoms. The molecule has 3 rings (SSSR count). The summed E-state index contributed by atoms with van der Waals surface area (Å²) in [5.74, 6) is 0.387. The van der Waals surface area contributed by atoms with Gasteiger partial charge in [-0.25, -0.2) is 4.18 Å². The van der Waals surface area contributed by atoms with Gasteiger partial charge in [0.15, 0.2) is 11.9 Å². The molecule has 1 fully saturated rings. The number of carbonyl (C=O) groups is 3. The van der Waals surface area contributed by atoms with Crippen molar-refractivity contribution in [1.29, 1.82) is 0 Å². The van der Waals surface area contributed by atoms with Gasteiger partial charge in [0.2, 0.25) is 12.2 Å². The minimum Gasteiger partial charge on any atom is -0.462 e. The second-order valence-electron chi connectivity index (χ2n) is 11.8. The summed E-state index contributed by atoms with van der Waals surface area (Å²) in [4.78, 5) is 39.7. The van der Waals surface area contributed by atoms with E-state index in [-0.39, 0.29) is 42.7 Å². The second kappa shape index (κ2) is 19.6. The first kappa shape index (κ1) is 38.2. The van der Waals surface area contributed by atoms with Crippen LogP contribution in [-0.2, 0) is 35.3 Å². The zero-order valence-corrected chi connectivity index (χ0v) is 27.7. The van der Waals surface area contributed by atoms with E-state index in [0.717, 1.165) is 50.5 Å². The fourth-order valence-electron chi connectivity index (χ4n) is 5.24. The van der Waals surface area contributed by atoms with Crippen LogP contribution in [0, 0.1) is 0 Å². The predicted molar refractivity (Wildman–Crippen MR) is 173 cm³/mol. The lowest BCUT2D eigenvalue weighted by molar-refractivity contribution is -0.234. The number of unbranched alkanes of at least 4 members (excludes halogenated alkanes) is 5. The van der Waals surface area contributed by atoms with Crippen molar-refractivity contribution >= 4 is 27.9 Å². The summed E-state index contributed by atoms with van der Waals surface area (Å²) in [6, 6.07) is 15.7. The van der Waals surface area contributed by atoms with Gasteiger partial charge < -0.3 is 24.6 Å². The van der Waals surface area contributed by atoms with Gasteiger partial charge in [0.1, 0.15) is 23.7 Å². The number of aliphatic hydroxyl groups is 2. The third-order valence-electron chi connectivity index (χ3n) is 7.93. The number of ether oxygens (including phenoxy) is 2. The molecule has 260 valence electrons. The summed E-state index contributed by atoms with van der Waals surface area (Å²) < 4.78 is 46.7. The summed E-state index contributed by atoms with van der Waals surface area (Å²) in [5, 5.41) is 19.9. The van der Waals surface area contributed by atoms with E-state index in [9.17, 15) is 33.0 Å². The molecular formula is C34H47NO11S. The SMILES string of the molecule is CCCCC(=O)N(CCCCCCCC(=O)c1ccccc1)CCC(=O)Cc1ccc(OC2OCC(O)C(O)C2OS(=O)(=O)O)cc1. The lowest BCUT2D eigenvalue weighted by Gasteiger charge is -2.36. The van der Waals surface area contributed by atoms with E-state index in [1.54, 1.807) is 17.0 Å². The number of amides is 1. The van der Waals surface area contributed by atoms with Crippen molar-refractivity contribution in [3.8, 4) is 5.75 Å². The summed E-state index contributed by atoms with van der Waals surface area (Å²) in [6.45, 7) is 2.61. The predicted octanol–water partition coefficient (Wildman–Crippen LogP) is 4.08. The highest BCUT2D eigenvalue weighted by molar-refractivity contribution is 7.80. The van der Waals surface area contributed by atoms with Crippen molar-refractivity contribution < 1.29 is 51.2 Å². The molecule has 2 aromatic carbocycles. The van der Waals surface area contributed by atoms with Crippen LogP contribution >= 0.6 is 0 Å². The van der Waals surface area contributed by atoms with Crippen LogP contribution < -0.4 is 4.74 Å². The Morgan fingerprint density at radius 2 is 1.55 bits per heavy atom. The Morgan fingerprint density at radius 1 is 0.872 bits per heavy atom.